The summed E-state index contributed by atoms with van der Waals surface area (Å²) in [5.74, 6) is 0.137. The van der Waals surface area contributed by atoms with Gasteiger partial charge < -0.3 is 14.7 Å². The standard InChI is InChI=1S/C16H25N3O3/c1-18(11-16(21)6-3-4-7-16)15(20)13-9-19(2)17-14(13)12-5-8-22-10-12/h9,12,21H,3-8,10-11H2,1-2H3/t12-/m0/s1. The van der Waals surface area contributed by atoms with E-state index in [1.165, 1.54) is 0 Å². The van der Waals surface area contributed by atoms with Crippen LogP contribution in [0.15, 0.2) is 6.20 Å². The molecule has 1 amide bonds. The summed E-state index contributed by atoms with van der Waals surface area (Å²) in [4.78, 5) is 14.4. The minimum absolute atomic E-state index is 0.0599. The minimum Gasteiger partial charge on any atom is -0.388 e. The number of carbonyl (C=O) groups is 1. The average Bonchev–Trinajstić information content (AvgIpc) is 3.18. The summed E-state index contributed by atoms with van der Waals surface area (Å²) in [6.45, 7) is 1.75. The highest BCUT2D eigenvalue weighted by molar-refractivity contribution is 5.95. The maximum Gasteiger partial charge on any atom is 0.257 e. The topological polar surface area (TPSA) is 67.6 Å². The molecule has 1 aliphatic carbocycles. The summed E-state index contributed by atoms with van der Waals surface area (Å²) in [5.41, 5.74) is 0.751. The van der Waals surface area contributed by atoms with Crippen molar-refractivity contribution in [2.45, 2.75) is 43.6 Å². The highest BCUT2D eigenvalue weighted by atomic mass is 16.5. The Morgan fingerprint density at radius 3 is 2.91 bits per heavy atom. The number of hydrogen-bond acceptors (Lipinski definition) is 4. The number of likely N-dealkylation sites (N-methyl/N-ethyl adjacent to an activating group) is 1. The van der Waals surface area contributed by atoms with E-state index < -0.39 is 5.60 Å². The fourth-order valence-corrected chi connectivity index (χ4v) is 3.63. The number of nitrogens with zero attached hydrogens (tertiary/aromatic N) is 3. The Hall–Kier alpha value is -1.40. The molecule has 1 aliphatic heterocycles. The number of aromatic nitrogens is 2. The van der Waals surface area contributed by atoms with Crippen LogP contribution in [0.25, 0.3) is 0 Å². The van der Waals surface area contributed by atoms with Crippen LogP contribution in [0.2, 0.25) is 0 Å². The predicted molar refractivity (Wildman–Crippen MR) is 81.8 cm³/mol. The van der Waals surface area contributed by atoms with Crippen LogP contribution in [-0.4, -0.2) is 58.1 Å². The van der Waals surface area contributed by atoms with Gasteiger partial charge >= 0.3 is 0 Å². The maximum atomic E-state index is 12.8. The van der Waals surface area contributed by atoms with Gasteiger partial charge in [-0.25, -0.2) is 0 Å². The van der Waals surface area contributed by atoms with Gasteiger partial charge in [-0.1, -0.05) is 12.8 Å². The molecule has 1 atom stereocenters. The smallest absolute Gasteiger partial charge is 0.257 e. The Morgan fingerprint density at radius 2 is 2.27 bits per heavy atom. The second-order valence-corrected chi connectivity index (χ2v) is 6.75. The van der Waals surface area contributed by atoms with Crippen molar-refractivity contribution in [1.29, 1.82) is 0 Å². The molecule has 6 nitrogen and oxygen atoms in total. The molecule has 2 aliphatic rings. The summed E-state index contributed by atoms with van der Waals surface area (Å²) in [7, 11) is 3.60. The lowest BCUT2D eigenvalue weighted by atomic mass is 9.99. The van der Waals surface area contributed by atoms with E-state index in [9.17, 15) is 9.90 Å². The average molecular weight is 307 g/mol. The lowest BCUT2D eigenvalue weighted by Gasteiger charge is -2.28. The molecule has 122 valence electrons. The van der Waals surface area contributed by atoms with E-state index >= 15 is 0 Å². The van der Waals surface area contributed by atoms with Crippen LogP contribution >= 0.6 is 0 Å². The van der Waals surface area contributed by atoms with Crippen LogP contribution in [0.5, 0.6) is 0 Å². The summed E-state index contributed by atoms with van der Waals surface area (Å²) in [6, 6.07) is 0. The van der Waals surface area contributed by atoms with Crippen LogP contribution in [0.4, 0.5) is 0 Å². The Labute approximate surface area is 131 Å². The van der Waals surface area contributed by atoms with Crippen LogP contribution in [0.3, 0.4) is 0 Å². The highest BCUT2D eigenvalue weighted by Crippen LogP contribution is 2.31. The summed E-state index contributed by atoms with van der Waals surface area (Å²) in [5, 5.41) is 15.0. The summed E-state index contributed by atoms with van der Waals surface area (Å²) >= 11 is 0. The lowest BCUT2D eigenvalue weighted by Crippen LogP contribution is -2.42. The monoisotopic (exact) mass is 307 g/mol. The Morgan fingerprint density at radius 1 is 1.55 bits per heavy atom. The van der Waals surface area contributed by atoms with Crippen molar-refractivity contribution in [3.63, 3.8) is 0 Å². The zero-order chi connectivity index (χ0) is 15.7. The quantitative estimate of drug-likeness (QED) is 0.910. The van der Waals surface area contributed by atoms with E-state index in [1.807, 2.05) is 7.05 Å². The van der Waals surface area contributed by atoms with Crippen molar-refractivity contribution in [1.82, 2.24) is 14.7 Å². The Bertz CT molecular complexity index is 543. The first kappa shape index (κ1) is 15.5. The van der Waals surface area contributed by atoms with Crippen molar-refractivity contribution in [3.8, 4) is 0 Å². The van der Waals surface area contributed by atoms with Gasteiger partial charge in [0, 0.05) is 39.4 Å². The number of aliphatic hydroxyl groups is 1. The van der Waals surface area contributed by atoms with Crippen LogP contribution in [0.1, 0.15) is 54.1 Å². The molecule has 22 heavy (non-hydrogen) atoms. The zero-order valence-corrected chi connectivity index (χ0v) is 13.4. The number of aryl methyl sites for hydroxylation is 1. The molecule has 1 aromatic heterocycles. The van der Waals surface area contributed by atoms with Gasteiger partial charge in [-0.2, -0.15) is 5.10 Å². The van der Waals surface area contributed by atoms with Gasteiger partial charge in [0.05, 0.1) is 23.5 Å². The molecule has 1 saturated heterocycles. The normalized spacial score (nSPS) is 23.9. The van der Waals surface area contributed by atoms with Gasteiger partial charge in [0.15, 0.2) is 0 Å². The van der Waals surface area contributed by atoms with E-state index in [2.05, 4.69) is 5.10 Å². The Balaban J connectivity index is 1.76. The van der Waals surface area contributed by atoms with Crippen LogP contribution in [0, 0.1) is 0 Å². The number of rotatable bonds is 4. The van der Waals surface area contributed by atoms with E-state index in [0.29, 0.717) is 18.7 Å². The molecule has 0 spiro atoms. The third kappa shape index (κ3) is 3.03. The van der Waals surface area contributed by atoms with Crippen LogP contribution in [-0.2, 0) is 11.8 Å². The molecule has 0 aromatic carbocycles. The third-order valence-corrected chi connectivity index (χ3v) is 4.82. The van der Waals surface area contributed by atoms with Crippen molar-refractivity contribution < 1.29 is 14.6 Å². The van der Waals surface area contributed by atoms with Gasteiger partial charge in [-0.05, 0) is 19.3 Å². The summed E-state index contributed by atoms with van der Waals surface area (Å²) < 4.78 is 7.12. The zero-order valence-electron chi connectivity index (χ0n) is 13.4. The third-order valence-electron chi connectivity index (χ3n) is 4.82. The van der Waals surface area contributed by atoms with Gasteiger partial charge in [0.1, 0.15) is 0 Å². The second-order valence-electron chi connectivity index (χ2n) is 6.75. The van der Waals surface area contributed by atoms with E-state index in [0.717, 1.165) is 44.4 Å². The molecule has 2 heterocycles. The molecule has 0 unspecified atom stereocenters. The van der Waals surface area contributed by atoms with E-state index in [-0.39, 0.29) is 11.8 Å². The van der Waals surface area contributed by atoms with Gasteiger partial charge in [0.2, 0.25) is 0 Å². The molecule has 0 radical (unpaired) electrons. The van der Waals surface area contributed by atoms with Crippen molar-refractivity contribution in [2.24, 2.45) is 7.05 Å². The fourth-order valence-electron chi connectivity index (χ4n) is 3.63. The number of ether oxygens (including phenoxy) is 1. The van der Waals surface area contributed by atoms with Gasteiger partial charge in [-0.15, -0.1) is 0 Å². The minimum atomic E-state index is -0.719. The Kier molecular flexibility index (Phi) is 4.23. The van der Waals surface area contributed by atoms with E-state index in [1.54, 1.807) is 22.8 Å². The number of carbonyl (C=O) groups excluding carboxylic acids is 1. The molecule has 0 bridgehead atoms. The largest absolute Gasteiger partial charge is 0.388 e. The van der Waals surface area contributed by atoms with Crippen molar-refractivity contribution in [2.75, 3.05) is 26.8 Å². The van der Waals surface area contributed by atoms with Crippen LogP contribution < -0.4 is 0 Å². The SMILES string of the molecule is CN(CC1(O)CCCC1)C(=O)c1cn(C)nc1[C@H]1CCOC1. The maximum absolute atomic E-state index is 12.8. The van der Waals surface area contributed by atoms with Crippen molar-refractivity contribution >= 4 is 5.91 Å². The fraction of sp³-hybridized carbons (Fsp3) is 0.750. The van der Waals surface area contributed by atoms with Gasteiger partial charge in [0.25, 0.3) is 5.91 Å². The van der Waals surface area contributed by atoms with E-state index in [4.69, 9.17) is 4.74 Å². The molecule has 6 heteroatoms. The molecular weight excluding hydrogens is 282 g/mol. The molecule has 2 fully saturated rings. The first-order valence-corrected chi connectivity index (χ1v) is 8.08. The molecule has 3 rings (SSSR count). The molecule has 1 aromatic rings. The summed E-state index contributed by atoms with van der Waals surface area (Å²) in [6.07, 6.45) is 6.32. The molecular formula is C16H25N3O3. The molecule has 1 saturated carbocycles. The second kappa shape index (κ2) is 6.01. The van der Waals surface area contributed by atoms with Gasteiger partial charge in [-0.3, -0.25) is 9.48 Å². The number of amides is 1. The first-order chi connectivity index (χ1) is 10.5. The number of hydrogen-bond donors (Lipinski definition) is 1. The molecule has 1 N–H and O–H groups in total. The van der Waals surface area contributed by atoms with Crippen molar-refractivity contribution in [3.05, 3.63) is 17.5 Å². The predicted octanol–water partition coefficient (Wildman–Crippen LogP) is 1.30. The first-order valence-electron chi connectivity index (χ1n) is 8.08. The highest BCUT2D eigenvalue weighted by Gasteiger charge is 2.35. The lowest BCUT2D eigenvalue weighted by molar-refractivity contribution is 0.0156.